The van der Waals surface area contributed by atoms with E-state index in [4.69, 9.17) is 9.47 Å². The van der Waals surface area contributed by atoms with Gasteiger partial charge >= 0.3 is 12.1 Å². The van der Waals surface area contributed by atoms with Crippen molar-refractivity contribution in [3.05, 3.63) is 47.3 Å². The number of esters is 1. The molecule has 11 nitrogen and oxygen atoms in total. The predicted octanol–water partition coefficient (Wildman–Crippen LogP) is 2.91. The number of hydrogen-bond acceptors (Lipinski definition) is 9. The van der Waals surface area contributed by atoms with Crippen LogP contribution >= 0.6 is 0 Å². The van der Waals surface area contributed by atoms with Crippen LogP contribution in [0.1, 0.15) is 45.6 Å². The molecule has 2 amide bonds. The number of ether oxygens (including phenoxy) is 2. The van der Waals surface area contributed by atoms with Crippen LogP contribution in [0.15, 0.2) is 35.9 Å². The zero-order valence-electron chi connectivity index (χ0n) is 27.4. The first-order chi connectivity index (χ1) is 21.9. The lowest BCUT2D eigenvalue weighted by Crippen LogP contribution is -2.51. The van der Waals surface area contributed by atoms with E-state index >= 15 is 0 Å². The maximum absolute atomic E-state index is 14.8. The number of carbonyl (C=O) groups excluding carboxylic acids is 3. The number of anilines is 1. The van der Waals surface area contributed by atoms with Gasteiger partial charge in [0, 0.05) is 57.4 Å². The van der Waals surface area contributed by atoms with Crippen molar-refractivity contribution in [3.8, 4) is 0 Å². The Balaban J connectivity index is 1.55. The van der Waals surface area contributed by atoms with Crippen molar-refractivity contribution in [2.75, 3.05) is 70.9 Å². The van der Waals surface area contributed by atoms with Crippen molar-refractivity contribution in [1.82, 2.24) is 14.7 Å². The zero-order chi connectivity index (χ0) is 33.4. The van der Waals surface area contributed by atoms with E-state index in [1.807, 2.05) is 33.0 Å². The molecule has 4 rings (SSSR count). The van der Waals surface area contributed by atoms with E-state index in [0.717, 1.165) is 13.1 Å². The molecule has 2 N–H and O–H groups in total. The largest absolute Gasteiger partial charge is 0.457 e. The minimum absolute atomic E-state index is 0.0783. The molecule has 0 spiro atoms. The quantitative estimate of drug-likeness (QED) is 0.356. The van der Waals surface area contributed by atoms with Crippen molar-refractivity contribution in [2.24, 2.45) is 11.8 Å². The summed E-state index contributed by atoms with van der Waals surface area (Å²) in [5.74, 6) is -1.56. The van der Waals surface area contributed by atoms with E-state index in [1.54, 1.807) is 33.8 Å². The van der Waals surface area contributed by atoms with Gasteiger partial charge in [-0.3, -0.25) is 9.59 Å². The molecule has 0 saturated carbocycles. The summed E-state index contributed by atoms with van der Waals surface area (Å²) in [6.07, 6.45) is 3.70. The second-order valence-corrected chi connectivity index (χ2v) is 12.9. The molecule has 3 heterocycles. The molecule has 3 aliphatic heterocycles. The number of likely N-dealkylation sites (N-methyl/N-ethyl adjacent to an activating group) is 1. The van der Waals surface area contributed by atoms with Crippen LogP contribution in [-0.4, -0.2) is 127 Å². The van der Waals surface area contributed by atoms with Crippen molar-refractivity contribution in [2.45, 2.75) is 58.3 Å². The highest BCUT2D eigenvalue weighted by atomic mass is 19.1. The molecule has 0 radical (unpaired) electrons. The molecular formula is C34H49FN4O7. The summed E-state index contributed by atoms with van der Waals surface area (Å²) < 4.78 is 26.7. The fraction of sp³-hybridized carbons (Fsp3) is 0.618. The predicted molar refractivity (Wildman–Crippen MR) is 172 cm³/mol. The van der Waals surface area contributed by atoms with Gasteiger partial charge in [0.15, 0.2) is 0 Å². The minimum Gasteiger partial charge on any atom is -0.457 e. The molecule has 46 heavy (non-hydrogen) atoms. The summed E-state index contributed by atoms with van der Waals surface area (Å²) in [4.78, 5) is 45.7. The number of rotatable bonds is 6. The van der Waals surface area contributed by atoms with Crippen LogP contribution in [0.25, 0.3) is 6.08 Å². The number of β-amino-alcohol motifs (C(OH)–C–C–N with tert-alkyl or cyclic N) is 1. The van der Waals surface area contributed by atoms with Gasteiger partial charge in [-0.1, -0.05) is 26.0 Å². The van der Waals surface area contributed by atoms with Gasteiger partial charge in [0.1, 0.15) is 18.0 Å². The van der Waals surface area contributed by atoms with Gasteiger partial charge in [-0.25, -0.2) is 9.18 Å². The van der Waals surface area contributed by atoms with Gasteiger partial charge in [0.25, 0.3) is 0 Å². The van der Waals surface area contributed by atoms with Gasteiger partial charge in [0.05, 0.1) is 25.7 Å². The number of cyclic esters (lactones) is 1. The van der Waals surface area contributed by atoms with Crippen LogP contribution < -0.4 is 4.90 Å². The lowest BCUT2D eigenvalue weighted by Gasteiger charge is -2.35. The summed E-state index contributed by atoms with van der Waals surface area (Å²) >= 11 is 0. The van der Waals surface area contributed by atoms with Crippen LogP contribution in [0.2, 0.25) is 0 Å². The van der Waals surface area contributed by atoms with Gasteiger partial charge in [-0.05, 0) is 68.1 Å². The molecule has 0 unspecified atom stereocenters. The number of hydrogen-bond donors (Lipinski definition) is 2. The Kier molecular flexibility index (Phi) is 12.6. The fourth-order valence-electron chi connectivity index (χ4n) is 6.12. The van der Waals surface area contributed by atoms with E-state index in [-0.39, 0.29) is 50.0 Å². The van der Waals surface area contributed by atoms with Crippen LogP contribution in [-0.2, 0) is 19.1 Å². The third kappa shape index (κ3) is 9.76. The van der Waals surface area contributed by atoms with Gasteiger partial charge < -0.3 is 39.3 Å². The second kappa shape index (κ2) is 16.4. The Morgan fingerprint density at radius 3 is 2.50 bits per heavy atom. The van der Waals surface area contributed by atoms with Crippen LogP contribution in [0.5, 0.6) is 0 Å². The lowest BCUT2D eigenvalue weighted by atomic mass is 9.91. The Morgan fingerprint density at radius 1 is 1.07 bits per heavy atom. The van der Waals surface area contributed by atoms with Crippen LogP contribution in [0, 0.1) is 17.7 Å². The number of benzene rings is 1. The van der Waals surface area contributed by atoms with E-state index < -0.39 is 30.1 Å². The monoisotopic (exact) mass is 644 g/mol. The number of carbonyl (C=O) groups is 3. The topological polar surface area (TPSA) is 123 Å². The molecule has 1 aromatic carbocycles. The number of nitrogens with zero attached hydrogens (tertiary/aromatic N) is 4. The molecule has 254 valence electrons. The lowest BCUT2D eigenvalue weighted by molar-refractivity contribution is -0.151. The molecule has 12 heteroatoms. The maximum Gasteiger partial charge on any atom is 0.410 e. The van der Waals surface area contributed by atoms with Crippen LogP contribution in [0.4, 0.5) is 14.9 Å². The molecule has 3 aliphatic rings. The smallest absolute Gasteiger partial charge is 0.410 e. The highest BCUT2D eigenvalue weighted by molar-refractivity contribution is 5.83. The summed E-state index contributed by atoms with van der Waals surface area (Å²) in [6.45, 7) is 9.58. The third-order valence-electron chi connectivity index (χ3n) is 9.06. The first kappa shape index (κ1) is 35.4. The number of piperazine rings is 2. The van der Waals surface area contributed by atoms with Crippen molar-refractivity contribution >= 4 is 29.7 Å². The maximum atomic E-state index is 14.8. The molecule has 2 saturated heterocycles. The SMILES string of the molecule is C/C(=C\c1cc(F)cc(N2CCN(CCO)C(=O)C2)c1)[C@H]1OC(=O)C[C@H](O)CC[C@H](C)[C@@H](OC(=O)N2CCN(C)CC2)/C=C\[C@@H]1C. The van der Waals surface area contributed by atoms with Crippen molar-refractivity contribution in [3.63, 3.8) is 0 Å². The average Bonchev–Trinajstić information content (AvgIpc) is 3.01. The van der Waals surface area contributed by atoms with E-state index in [2.05, 4.69) is 4.90 Å². The Hall–Kier alpha value is -3.48. The normalized spacial score (nSPS) is 28.3. The first-order valence-corrected chi connectivity index (χ1v) is 16.3. The fourth-order valence-corrected chi connectivity index (χ4v) is 6.12. The number of aliphatic hydroxyl groups is 2. The van der Waals surface area contributed by atoms with E-state index in [0.29, 0.717) is 55.8 Å². The standard InChI is InChI=1S/C34H49FN4O7/c1-23-5-7-29(41)21-32(43)46-33(24(2)6-8-30(23)45-34(44)38-11-9-36(4)10-12-38)25(3)17-26-18-27(35)20-28(19-26)39-14-13-37(15-16-40)31(42)22-39/h6,8,17-20,23-24,29-30,33,40-41H,5,7,9-16,21-22H2,1-4H3/b8-6-,25-17+/t23-,24-,29+,30-,33-/m0/s1. The molecule has 0 aliphatic carbocycles. The van der Waals surface area contributed by atoms with Gasteiger partial charge in [-0.15, -0.1) is 0 Å². The average molecular weight is 645 g/mol. The minimum atomic E-state index is -0.904. The van der Waals surface area contributed by atoms with E-state index in [9.17, 15) is 29.0 Å². The molecule has 0 aromatic heterocycles. The zero-order valence-corrected chi connectivity index (χ0v) is 27.4. The van der Waals surface area contributed by atoms with Gasteiger partial charge in [0.2, 0.25) is 5.91 Å². The van der Waals surface area contributed by atoms with Crippen LogP contribution in [0.3, 0.4) is 0 Å². The molecule has 5 atom stereocenters. The van der Waals surface area contributed by atoms with Gasteiger partial charge in [-0.2, -0.15) is 0 Å². The Labute approximate surface area is 271 Å². The second-order valence-electron chi connectivity index (χ2n) is 12.9. The van der Waals surface area contributed by atoms with E-state index in [1.165, 1.54) is 12.1 Å². The molecule has 1 aromatic rings. The summed E-state index contributed by atoms with van der Waals surface area (Å²) in [5, 5.41) is 19.8. The highest BCUT2D eigenvalue weighted by Crippen LogP contribution is 2.28. The van der Waals surface area contributed by atoms with Crippen molar-refractivity contribution < 1.29 is 38.5 Å². The molecule has 0 bridgehead atoms. The Morgan fingerprint density at radius 2 is 1.80 bits per heavy atom. The number of amides is 2. The summed E-state index contributed by atoms with van der Waals surface area (Å²) in [5.41, 5.74) is 1.77. The highest BCUT2D eigenvalue weighted by Gasteiger charge is 2.29. The third-order valence-corrected chi connectivity index (χ3v) is 9.06. The summed E-state index contributed by atoms with van der Waals surface area (Å²) in [6, 6.07) is 4.56. The number of halogens is 1. The summed E-state index contributed by atoms with van der Waals surface area (Å²) in [7, 11) is 2.02. The number of aliphatic hydroxyl groups excluding tert-OH is 2. The molecular weight excluding hydrogens is 595 g/mol. The molecule has 2 fully saturated rings. The Bertz CT molecular complexity index is 1280. The first-order valence-electron chi connectivity index (χ1n) is 16.3. The van der Waals surface area contributed by atoms with Crippen molar-refractivity contribution in [1.29, 1.82) is 0 Å².